The summed E-state index contributed by atoms with van der Waals surface area (Å²) in [6.45, 7) is 4.67. The van der Waals surface area contributed by atoms with Crippen LogP contribution >= 0.6 is 0 Å². The SMILES string of the molecule is CCCCCCCCCCCCCCCCCC(=O)OC(C(=O)NCc1ccccc1)c1ccc(C)cc1. The number of amides is 1. The third kappa shape index (κ3) is 14.4. The van der Waals surface area contributed by atoms with Crippen molar-refractivity contribution in [2.24, 2.45) is 0 Å². The molecular formula is C34H51NO3. The average Bonchev–Trinajstić information content (AvgIpc) is 2.93. The van der Waals surface area contributed by atoms with Gasteiger partial charge in [0.05, 0.1) is 0 Å². The fourth-order valence-electron chi connectivity index (χ4n) is 4.72. The first-order chi connectivity index (χ1) is 18.6. The van der Waals surface area contributed by atoms with Crippen LogP contribution in [0.25, 0.3) is 0 Å². The zero-order valence-corrected chi connectivity index (χ0v) is 24.0. The second-order valence-electron chi connectivity index (χ2n) is 10.7. The molecule has 4 nitrogen and oxygen atoms in total. The predicted molar refractivity (Wildman–Crippen MR) is 158 cm³/mol. The van der Waals surface area contributed by atoms with E-state index in [4.69, 9.17) is 4.74 Å². The lowest BCUT2D eigenvalue weighted by Gasteiger charge is -2.18. The van der Waals surface area contributed by atoms with E-state index in [1.807, 2.05) is 61.5 Å². The van der Waals surface area contributed by atoms with Crippen LogP contribution in [0.5, 0.6) is 0 Å². The Bertz CT molecular complexity index is 878. The Kier molecular flexibility index (Phi) is 16.9. The van der Waals surface area contributed by atoms with Crippen molar-refractivity contribution >= 4 is 11.9 Å². The minimum absolute atomic E-state index is 0.289. The third-order valence-electron chi connectivity index (χ3n) is 7.16. The Labute approximate surface area is 232 Å². The molecule has 1 atom stereocenters. The number of rotatable bonds is 21. The van der Waals surface area contributed by atoms with Gasteiger partial charge in [-0.25, -0.2) is 0 Å². The van der Waals surface area contributed by atoms with E-state index < -0.39 is 6.10 Å². The maximum absolute atomic E-state index is 13.0. The summed E-state index contributed by atoms with van der Waals surface area (Å²) in [7, 11) is 0. The molecule has 38 heavy (non-hydrogen) atoms. The lowest BCUT2D eigenvalue weighted by atomic mass is 10.0. The highest BCUT2D eigenvalue weighted by Gasteiger charge is 2.24. The number of carbonyl (C=O) groups excluding carboxylic acids is 2. The maximum atomic E-state index is 13.0. The smallest absolute Gasteiger partial charge is 0.306 e. The highest BCUT2D eigenvalue weighted by atomic mass is 16.5. The van der Waals surface area contributed by atoms with E-state index in [0.717, 1.165) is 30.4 Å². The molecule has 0 radical (unpaired) electrons. The third-order valence-corrected chi connectivity index (χ3v) is 7.16. The molecule has 2 aromatic carbocycles. The predicted octanol–water partition coefficient (Wildman–Crippen LogP) is 9.16. The largest absolute Gasteiger partial charge is 0.447 e. The van der Waals surface area contributed by atoms with Crippen molar-refractivity contribution in [3.63, 3.8) is 0 Å². The van der Waals surface area contributed by atoms with Gasteiger partial charge in [0, 0.05) is 18.5 Å². The Balaban J connectivity index is 1.60. The molecule has 0 aliphatic heterocycles. The number of aryl methyl sites for hydroxylation is 1. The molecule has 0 bridgehead atoms. The highest BCUT2D eigenvalue weighted by molar-refractivity contribution is 5.85. The second-order valence-corrected chi connectivity index (χ2v) is 10.7. The fourth-order valence-corrected chi connectivity index (χ4v) is 4.72. The molecule has 0 heterocycles. The molecule has 210 valence electrons. The van der Waals surface area contributed by atoms with Gasteiger partial charge in [-0.1, -0.05) is 157 Å². The molecule has 1 amide bonds. The van der Waals surface area contributed by atoms with E-state index in [0.29, 0.717) is 18.5 Å². The number of ether oxygens (including phenoxy) is 1. The number of unbranched alkanes of at least 4 members (excludes halogenated alkanes) is 14. The molecule has 2 rings (SSSR count). The minimum atomic E-state index is -0.928. The van der Waals surface area contributed by atoms with Gasteiger partial charge in [-0.3, -0.25) is 9.59 Å². The van der Waals surface area contributed by atoms with E-state index in [-0.39, 0.29) is 11.9 Å². The van der Waals surface area contributed by atoms with Gasteiger partial charge < -0.3 is 10.1 Å². The molecule has 0 spiro atoms. The summed E-state index contributed by atoms with van der Waals surface area (Å²) in [6.07, 6.45) is 18.7. The summed E-state index contributed by atoms with van der Waals surface area (Å²) < 4.78 is 5.69. The Morgan fingerprint density at radius 2 is 1.18 bits per heavy atom. The molecule has 0 aliphatic carbocycles. The van der Waals surface area contributed by atoms with E-state index in [9.17, 15) is 9.59 Å². The first kappa shape index (κ1) is 31.6. The Hall–Kier alpha value is -2.62. The molecule has 0 saturated carbocycles. The van der Waals surface area contributed by atoms with Gasteiger partial charge in [-0.2, -0.15) is 0 Å². The summed E-state index contributed by atoms with van der Waals surface area (Å²) >= 11 is 0. The first-order valence-electron chi connectivity index (χ1n) is 15.2. The van der Waals surface area contributed by atoms with Crippen LogP contribution in [-0.4, -0.2) is 11.9 Å². The monoisotopic (exact) mass is 521 g/mol. The molecule has 0 saturated heterocycles. The van der Waals surface area contributed by atoms with Gasteiger partial charge in [-0.05, 0) is 18.9 Å². The van der Waals surface area contributed by atoms with Crippen LogP contribution in [0.1, 0.15) is 132 Å². The normalized spacial score (nSPS) is 11.7. The van der Waals surface area contributed by atoms with Crippen molar-refractivity contribution in [2.75, 3.05) is 0 Å². The van der Waals surface area contributed by atoms with Crippen LogP contribution in [0.15, 0.2) is 54.6 Å². The van der Waals surface area contributed by atoms with Crippen molar-refractivity contribution in [3.05, 3.63) is 71.3 Å². The van der Waals surface area contributed by atoms with Crippen LogP contribution in [0.2, 0.25) is 0 Å². The Morgan fingerprint density at radius 3 is 1.71 bits per heavy atom. The zero-order chi connectivity index (χ0) is 27.3. The second kappa shape index (κ2) is 20.4. The molecular weight excluding hydrogens is 470 g/mol. The van der Waals surface area contributed by atoms with E-state index >= 15 is 0 Å². The molecule has 1 unspecified atom stereocenters. The minimum Gasteiger partial charge on any atom is -0.447 e. The van der Waals surface area contributed by atoms with Crippen molar-refractivity contribution in [1.29, 1.82) is 0 Å². The first-order valence-corrected chi connectivity index (χ1v) is 15.2. The van der Waals surface area contributed by atoms with E-state index in [2.05, 4.69) is 12.2 Å². The van der Waals surface area contributed by atoms with Crippen LogP contribution < -0.4 is 5.32 Å². The number of esters is 1. The molecule has 0 fully saturated rings. The average molecular weight is 522 g/mol. The summed E-state index contributed by atoms with van der Waals surface area (Å²) in [5, 5.41) is 2.92. The van der Waals surface area contributed by atoms with Crippen LogP contribution in [0, 0.1) is 6.92 Å². The summed E-state index contributed by atoms with van der Waals surface area (Å²) in [5.74, 6) is -0.595. The zero-order valence-electron chi connectivity index (χ0n) is 24.0. The number of hydrogen-bond donors (Lipinski definition) is 1. The van der Waals surface area contributed by atoms with Crippen LogP contribution in [0.3, 0.4) is 0 Å². The Morgan fingerprint density at radius 1 is 0.684 bits per heavy atom. The number of hydrogen-bond acceptors (Lipinski definition) is 3. The molecule has 1 N–H and O–H groups in total. The van der Waals surface area contributed by atoms with Crippen molar-refractivity contribution in [3.8, 4) is 0 Å². The lowest BCUT2D eigenvalue weighted by molar-refractivity contribution is -0.156. The topological polar surface area (TPSA) is 55.4 Å². The van der Waals surface area contributed by atoms with Crippen LogP contribution in [0.4, 0.5) is 0 Å². The van der Waals surface area contributed by atoms with Crippen molar-refractivity contribution in [1.82, 2.24) is 5.32 Å². The van der Waals surface area contributed by atoms with Crippen molar-refractivity contribution in [2.45, 2.75) is 129 Å². The van der Waals surface area contributed by atoms with Gasteiger partial charge in [0.25, 0.3) is 5.91 Å². The van der Waals surface area contributed by atoms with Gasteiger partial charge >= 0.3 is 5.97 Å². The van der Waals surface area contributed by atoms with E-state index in [1.54, 1.807) is 0 Å². The summed E-state index contributed by atoms with van der Waals surface area (Å²) in [6, 6.07) is 17.4. The molecule has 0 aromatic heterocycles. The summed E-state index contributed by atoms with van der Waals surface area (Å²) in [5.41, 5.74) is 2.81. The summed E-state index contributed by atoms with van der Waals surface area (Å²) in [4.78, 5) is 25.6. The molecule has 2 aromatic rings. The van der Waals surface area contributed by atoms with Gasteiger partial charge in [0.15, 0.2) is 0 Å². The number of nitrogens with one attached hydrogen (secondary N) is 1. The lowest BCUT2D eigenvalue weighted by Crippen LogP contribution is -2.31. The highest BCUT2D eigenvalue weighted by Crippen LogP contribution is 2.21. The van der Waals surface area contributed by atoms with Gasteiger partial charge in [0.1, 0.15) is 0 Å². The maximum Gasteiger partial charge on any atom is 0.306 e. The molecule has 0 aliphatic rings. The molecule has 4 heteroatoms. The number of benzene rings is 2. The fraction of sp³-hybridized carbons (Fsp3) is 0.588. The number of carbonyl (C=O) groups is 2. The quantitative estimate of drug-likeness (QED) is 0.132. The van der Waals surface area contributed by atoms with E-state index in [1.165, 1.54) is 77.0 Å². The standard InChI is InChI=1S/C34H51NO3/c1-3-4-5-6-7-8-9-10-11-12-13-14-15-16-20-23-32(36)38-33(31-26-24-29(2)25-27-31)34(37)35-28-30-21-18-17-19-22-30/h17-19,21-22,24-27,33H,3-16,20,23,28H2,1-2H3,(H,35,37). The van der Waals surface area contributed by atoms with Crippen LogP contribution in [-0.2, 0) is 20.9 Å². The van der Waals surface area contributed by atoms with Gasteiger partial charge in [0.2, 0.25) is 6.10 Å². The van der Waals surface area contributed by atoms with Crippen molar-refractivity contribution < 1.29 is 14.3 Å². The van der Waals surface area contributed by atoms with Gasteiger partial charge in [-0.15, -0.1) is 0 Å².